The van der Waals surface area contributed by atoms with Crippen molar-refractivity contribution in [2.45, 2.75) is 33.0 Å². The number of hydrogen-bond donors (Lipinski definition) is 2. The summed E-state index contributed by atoms with van der Waals surface area (Å²) in [5.74, 6) is 1.43. The summed E-state index contributed by atoms with van der Waals surface area (Å²) in [6.45, 7) is 8.61. The lowest BCUT2D eigenvalue weighted by molar-refractivity contribution is 0.0341. The first-order chi connectivity index (χ1) is 14.8. The zero-order valence-electron chi connectivity index (χ0n) is 18.1. The second-order valence-corrected chi connectivity index (χ2v) is 7.25. The minimum Gasteiger partial charge on any atom is -0.477 e. The van der Waals surface area contributed by atoms with Gasteiger partial charge < -0.3 is 20.1 Å². The summed E-state index contributed by atoms with van der Waals surface area (Å²) in [7, 11) is 1.78. The highest BCUT2D eigenvalue weighted by Gasteiger charge is 2.13. The van der Waals surface area contributed by atoms with Crippen LogP contribution in [-0.4, -0.2) is 55.8 Å². The summed E-state index contributed by atoms with van der Waals surface area (Å²) < 4.78 is 11.2. The monoisotopic (exact) mass is 411 g/mol. The molecule has 0 unspecified atom stereocenters. The fraction of sp³-hybridized carbons (Fsp3) is 0.478. The van der Waals surface area contributed by atoms with Crippen molar-refractivity contribution in [1.29, 1.82) is 0 Å². The molecule has 1 aromatic heterocycles. The van der Waals surface area contributed by atoms with E-state index in [2.05, 4.69) is 56.7 Å². The summed E-state index contributed by atoms with van der Waals surface area (Å²) >= 11 is 0. The third-order valence-electron chi connectivity index (χ3n) is 5.03. The van der Waals surface area contributed by atoms with Crippen LogP contribution in [0.3, 0.4) is 0 Å². The van der Waals surface area contributed by atoms with Crippen LogP contribution in [0, 0.1) is 0 Å². The van der Waals surface area contributed by atoms with E-state index >= 15 is 0 Å². The number of benzene rings is 1. The highest BCUT2D eigenvalue weighted by Crippen LogP contribution is 2.15. The predicted molar refractivity (Wildman–Crippen MR) is 120 cm³/mol. The van der Waals surface area contributed by atoms with Gasteiger partial charge in [-0.1, -0.05) is 37.3 Å². The number of nitrogens with one attached hydrogen (secondary N) is 2. The minimum atomic E-state index is 0.599. The van der Waals surface area contributed by atoms with E-state index in [9.17, 15) is 0 Å². The van der Waals surface area contributed by atoms with Crippen LogP contribution in [-0.2, 0) is 24.4 Å². The normalized spacial score (nSPS) is 15.1. The van der Waals surface area contributed by atoms with Crippen molar-refractivity contribution >= 4 is 5.96 Å². The summed E-state index contributed by atoms with van der Waals surface area (Å²) in [5, 5.41) is 6.80. The highest BCUT2D eigenvalue weighted by atomic mass is 16.5. The Morgan fingerprint density at radius 1 is 1.07 bits per heavy atom. The van der Waals surface area contributed by atoms with Crippen LogP contribution in [0.2, 0.25) is 0 Å². The number of ether oxygens (including phenoxy) is 2. The molecule has 0 radical (unpaired) electrons. The van der Waals surface area contributed by atoms with Crippen molar-refractivity contribution < 1.29 is 9.47 Å². The van der Waals surface area contributed by atoms with Crippen LogP contribution < -0.4 is 15.4 Å². The number of aromatic nitrogens is 1. The number of rotatable bonds is 9. The number of pyridine rings is 1. The molecule has 1 aromatic carbocycles. The number of aliphatic imine (C=N–C) groups is 1. The fourth-order valence-electron chi connectivity index (χ4n) is 3.35. The van der Waals surface area contributed by atoms with Crippen molar-refractivity contribution in [3.05, 3.63) is 59.3 Å². The van der Waals surface area contributed by atoms with E-state index in [1.54, 1.807) is 13.2 Å². The topological polar surface area (TPSA) is 71.0 Å². The third kappa shape index (κ3) is 6.71. The van der Waals surface area contributed by atoms with Crippen LogP contribution in [0.5, 0.6) is 5.88 Å². The quantitative estimate of drug-likeness (QED) is 0.488. The van der Waals surface area contributed by atoms with Gasteiger partial charge in [0.25, 0.3) is 0 Å². The van der Waals surface area contributed by atoms with Crippen molar-refractivity contribution in [2.24, 2.45) is 4.99 Å². The van der Waals surface area contributed by atoms with E-state index in [4.69, 9.17) is 9.47 Å². The average molecular weight is 412 g/mol. The van der Waals surface area contributed by atoms with Gasteiger partial charge in [-0.15, -0.1) is 0 Å². The van der Waals surface area contributed by atoms with Gasteiger partial charge in [0.15, 0.2) is 5.96 Å². The molecule has 1 aliphatic heterocycles. The first-order valence-corrected chi connectivity index (χ1v) is 10.7. The maximum atomic E-state index is 5.74. The van der Waals surface area contributed by atoms with Crippen LogP contribution in [0.25, 0.3) is 0 Å². The number of hydrogen-bond acceptors (Lipinski definition) is 5. The second-order valence-electron chi connectivity index (χ2n) is 7.25. The maximum Gasteiger partial charge on any atom is 0.218 e. The Kier molecular flexibility index (Phi) is 8.93. The molecular formula is C23H33N5O2. The second kappa shape index (κ2) is 12.1. The standard InChI is InChI=1S/C23H33N5O2/c1-3-13-30-22-20(9-6-10-25-22)17-27-23(24-2)26-16-19-7-4-5-8-21(19)18-28-11-14-29-15-12-28/h4-10H,3,11-18H2,1-2H3,(H2,24,26,27). The summed E-state index contributed by atoms with van der Waals surface area (Å²) in [5.41, 5.74) is 3.63. The van der Waals surface area contributed by atoms with Crippen molar-refractivity contribution in [2.75, 3.05) is 40.0 Å². The molecule has 7 heteroatoms. The molecule has 0 saturated carbocycles. The zero-order chi connectivity index (χ0) is 21.0. The Balaban J connectivity index is 1.55. The molecule has 1 saturated heterocycles. The largest absolute Gasteiger partial charge is 0.477 e. The lowest BCUT2D eigenvalue weighted by Crippen LogP contribution is -2.37. The summed E-state index contributed by atoms with van der Waals surface area (Å²) in [6, 6.07) is 12.5. The SMILES string of the molecule is CCCOc1ncccc1CNC(=NC)NCc1ccccc1CN1CCOCC1. The molecule has 0 aliphatic carbocycles. The molecule has 0 bridgehead atoms. The fourth-order valence-corrected chi connectivity index (χ4v) is 3.35. The van der Waals surface area contributed by atoms with Gasteiger partial charge in [0.2, 0.25) is 5.88 Å². The molecule has 1 fully saturated rings. The Morgan fingerprint density at radius 3 is 2.50 bits per heavy atom. The molecule has 30 heavy (non-hydrogen) atoms. The van der Waals surface area contributed by atoms with Gasteiger partial charge in [0.05, 0.1) is 19.8 Å². The van der Waals surface area contributed by atoms with Crippen LogP contribution in [0.4, 0.5) is 0 Å². The first kappa shape index (κ1) is 22.1. The van der Waals surface area contributed by atoms with Crippen LogP contribution in [0.1, 0.15) is 30.0 Å². The molecule has 0 spiro atoms. The van der Waals surface area contributed by atoms with Gasteiger partial charge in [-0.25, -0.2) is 4.98 Å². The van der Waals surface area contributed by atoms with Gasteiger partial charge in [0.1, 0.15) is 0 Å². The van der Waals surface area contributed by atoms with Gasteiger partial charge in [-0.05, 0) is 23.6 Å². The molecular weight excluding hydrogens is 378 g/mol. The smallest absolute Gasteiger partial charge is 0.218 e. The van der Waals surface area contributed by atoms with E-state index < -0.39 is 0 Å². The third-order valence-corrected chi connectivity index (χ3v) is 5.03. The van der Waals surface area contributed by atoms with Crippen LogP contribution in [0.15, 0.2) is 47.6 Å². The highest BCUT2D eigenvalue weighted by molar-refractivity contribution is 5.79. The van der Waals surface area contributed by atoms with Crippen LogP contribution >= 0.6 is 0 Å². The molecule has 7 nitrogen and oxygen atoms in total. The van der Waals surface area contributed by atoms with E-state index in [0.29, 0.717) is 25.6 Å². The predicted octanol–water partition coefficient (Wildman–Crippen LogP) is 2.57. The Morgan fingerprint density at radius 2 is 1.77 bits per heavy atom. The summed E-state index contributed by atoms with van der Waals surface area (Å²) in [4.78, 5) is 11.1. The minimum absolute atomic E-state index is 0.599. The van der Waals surface area contributed by atoms with Crippen molar-refractivity contribution in [3.63, 3.8) is 0 Å². The first-order valence-electron chi connectivity index (χ1n) is 10.7. The molecule has 2 heterocycles. The summed E-state index contributed by atoms with van der Waals surface area (Å²) in [6.07, 6.45) is 2.71. The van der Waals surface area contributed by atoms with E-state index in [1.165, 1.54) is 11.1 Å². The molecule has 3 rings (SSSR count). The Hall–Kier alpha value is -2.64. The van der Waals surface area contributed by atoms with Gasteiger partial charge in [-0.3, -0.25) is 9.89 Å². The number of guanidine groups is 1. The molecule has 2 N–H and O–H groups in total. The lowest BCUT2D eigenvalue weighted by Gasteiger charge is -2.27. The number of morpholine rings is 1. The van der Waals surface area contributed by atoms with Gasteiger partial charge in [-0.2, -0.15) is 0 Å². The number of nitrogens with zero attached hydrogens (tertiary/aromatic N) is 3. The Bertz CT molecular complexity index is 806. The van der Waals surface area contributed by atoms with Crippen molar-refractivity contribution in [3.8, 4) is 5.88 Å². The molecule has 1 aliphatic rings. The molecule has 0 amide bonds. The Labute approximate surface area is 179 Å². The lowest BCUT2D eigenvalue weighted by atomic mass is 10.1. The van der Waals surface area contributed by atoms with E-state index in [1.807, 2.05) is 12.1 Å². The van der Waals surface area contributed by atoms with Gasteiger partial charge in [0, 0.05) is 51.5 Å². The molecule has 0 atom stereocenters. The maximum absolute atomic E-state index is 5.74. The average Bonchev–Trinajstić information content (AvgIpc) is 2.80. The van der Waals surface area contributed by atoms with Crippen molar-refractivity contribution in [1.82, 2.24) is 20.5 Å². The van der Waals surface area contributed by atoms with Gasteiger partial charge >= 0.3 is 0 Å². The zero-order valence-corrected chi connectivity index (χ0v) is 18.1. The molecule has 2 aromatic rings. The van der Waals surface area contributed by atoms with E-state index in [0.717, 1.165) is 50.8 Å². The van der Waals surface area contributed by atoms with E-state index in [-0.39, 0.29) is 0 Å². The molecule has 162 valence electrons.